The number of rotatable bonds is 2. The van der Waals surface area contributed by atoms with E-state index < -0.39 is 5.92 Å². The van der Waals surface area contributed by atoms with Gasteiger partial charge >= 0.3 is 0 Å². The first kappa shape index (κ1) is 18.8. The van der Waals surface area contributed by atoms with E-state index in [4.69, 9.17) is 0 Å². The summed E-state index contributed by atoms with van der Waals surface area (Å²) in [6.45, 7) is 0.541. The molecule has 2 aromatic carbocycles. The van der Waals surface area contributed by atoms with Crippen molar-refractivity contribution in [1.29, 1.82) is 0 Å². The number of amides is 2. The molecule has 1 aliphatic rings. The molecule has 0 bridgehead atoms. The van der Waals surface area contributed by atoms with Crippen LogP contribution in [0, 0.1) is 5.82 Å². The summed E-state index contributed by atoms with van der Waals surface area (Å²) >= 11 is 0. The predicted molar refractivity (Wildman–Crippen MR) is 102 cm³/mol. The molecule has 2 aromatic rings. The van der Waals surface area contributed by atoms with Crippen LogP contribution in [0.5, 0.6) is 0 Å². The molecule has 5 heteroatoms. The minimum Gasteiger partial charge on any atom is -0.356 e. The quantitative estimate of drug-likeness (QED) is 0.798. The molecule has 0 radical (unpaired) electrons. The van der Waals surface area contributed by atoms with Crippen molar-refractivity contribution in [3.05, 3.63) is 83.7 Å². The van der Waals surface area contributed by atoms with Crippen molar-refractivity contribution in [3.8, 4) is 0 Å². The van der Waals surface area contributed by atoms with Crippen LogP contribution >= 0.6 is 0 Å². The van der Waals surface area contributed by atoms with Crippen molar-refractivity contribution in [3.63, 3.8) is 0 Å². The second-order valence-corrected chi connectivity index (χ2v) is 6.63. The topological polar surface area (TPSA) is 58.2 Å². The summed E-state index contributed by atoms with van der Waals surface area (Å²) in [6.07, 6.45) is 5.40. The van der Waals surface area contributed by atoms with Gasteiger partial charge in [-0.2, -0.15) is 0 Å². The maximum absolute atomic E-state index is 13.3. The van der Waals surface area contributed by atoms with Crippen LogP contribution in [-0.2, 0) is 9.59 Å². The molecule has 0 saturated heterocycles. The van der Waals surface area contributed by atoms with Gasteiger partial charge in [0.25, 0.3) is 0 Å². The summed E-state index contributed by atoms with van der Waals surface area (Å²) in [5, 5.41) is 5.91. The molecule has 4 nitrogen and oxygen atoms in total. The first-order valence-corrected chi connectivity index (χ1v) is 9.16. The summed E-state index contributed by atoms with van der Waals surface area (Å²) in [4.78, 5) is 25.3. The average molecular weight is 366 g/mol. The molecule has 2 atom stereocenters. The normalized spacial score (nSPS) is 22.7. The number of benzene rings is 2. The Labute approximate surface area is 158 Å². The van der Waals surface area contributed by atoms with Crippen LogP contribution in [0.2, 0.25) is 0 Å². The third-order valence-electron chi connectivity index (χ3n) is 4.67. The molecular weight excluding hydrogens is 343 g/mol. The Balaban J connectivity index is 1.89. The van der Waals surface area contributed by atoms with Gasteiger partial charge in [0, 0.05) is 13.0 Å². The molecule has 0 fully saturated rings. The fourth-order valence-electron chi connectivity index (χ4n) is 3.20. The van der Waals surface area contributed by atoms with Crippen LogP contribution < -0.4 is 10.6 Å². The second-order valence-electron chi connectivity index (χ2n) is 6.63. The van der Waals surface area contributed by atoms with Crippen molar-refractivity contribution in [2.75, 3.05) is 6.54 Å². The van der Waals surface area contributed by atoms with E-state index >= 15 is 0 Å². The minimum atomic E-state index is -0.572. The highest BCUT2D eigenvalue weighted by molar-refractivity contribution is 5.90. The highest BCUT2D eigenvalue weighted by Gasteiger charge is 2.26. The van der Waals surface area contributed by atoms with Gasteiger partial charge in [0.15, 0.2) is 0 Å². The van der Waals surface area contributed by atoms with E-state index in [-0.39, 0.29) is 30.1 Å². The Hall–Kier alpha value is -2.95. The average Bonchev–Trinajstić information content (AvgIpc) is 2.68. The molecule has 0 saturated carbocycles. The number of halogens is 1. The molecule has 3 rings (SSSR count). The van der Waals surface area contributed by atoms with E-state index in [9.17, 15) is 14.0 Å². The van der Waals surface area contributed by atoms with Gasteiger partial charge < -0.3 is 10.6 Å². The highest BCUT2D eigenvalue weighted by atomic mass is 19.1. The van der Waals surface area contributed by atoms with E-state index in [0.717, 1.165) is 17.5 Å². The first-order valence-electron chi connectivity index (χ1n) is 9.16. The number of hydrogen-bond acceptors (Lipinski definition) is 2. The van der Waals surface area contributed by atoms with Crippen LogP contribution in [0.3, 0.4) is 0 Å². The van der Waals surface area contributed by atoms with Gasteiger partial charge in [-0.15, -0.1) is 0 Å². The Kier molecular flexibility index (Phi) is 6.36. The molecule has 2 amide bonds. The van der Waals surface area contributed by atoms with Crippen molar-refractivity contribution in [2.24, 2.45) is 0 Å². The predicted octanol–water partition coefficient (Wildman–Crippen LogP) is 3.62. The van der Waals surface area contributed by atoms with E-state index in [1.54, 1.807) is 12.1 Å². The maximum Gasteiger partial charge on any atom is 0.228 e. The first-order chi connectivity index (χ1) is 13.1. The SMILES string of the molecule is O=C1C[C@H](c2ccccc2)C(=O)N[C@H](c2ccc(F)cc2)C/C=C\CCN1. The van der Waals surface area contributed by atoms with E-state index in [1.807, 2.05) is 42.5 Å². The Morgan fingerprint density at radius 3 is 2.37 bits per heavy atom. The van der Waals surface area contributed by atoms with Crippen LogP contribution in [0.4, 0.5) is 4.39 Å². The summed E-state index contributed by atoms with van der Waals surface area (Å²) in [5.74, 6) is -1.24. The summed E-state index contributed by atoms with van der Waals surface area (Å²) < 4.78 is 13.3. The molecule has 0 spiro atoms. The molecule has 2 N–H and O–H groups in total. The monoisotopic (exact) mass is 366 g/mol. The highest BCUT2D eigenvalue weighted by Crippen LogP contribution is 2.24. The van der Waals surface area contributed by atoms with Gasteiger partial charge in [-0.05, 0) is 36.1 Å². The zero-order chi connectivity index (χ0) is 19.1. The number of hydrogen-bond donors (Lipinski definition) is 2. The van der Waals surface area contributed by atoms with Crippen LogP contribution in [0.25, 0.3) is 0 Å². The number of nitrogens with one attached hydrogen (secondary N) is 2. The van der Waals surface area contributed by atoms with Crippen molar-refractivity contribution in [2.45, 2.75) is 31.2 Å². The van der Waals surface area contributed by atoms with Gasteiger partial charge in [0.1, 0.15) is 5.82 Å². The summed E-state index contributed by atoms with van der Waals surface area (Å²) in [7, 11) is 0. The summed E-state index contributed by atoms with van der Waals surface area (Å²) in [6, 6.07) is 15.2. The van der Waals surface area contributed by atoms with Crippen LogP contribution in [0.1, 0.15) is 42.3 Å². The van der Waals surface area contributed by atoms with Crippen molar-refractivity contribution in [1.82, 2.24) is 10.6 Å². The molecule has 27 heavy (non-hydrogen) atoms. The second kappa shape index (κ2) is 9.12. The lowest BCUT2D eigenvalue weighted by atomic mass is 9.93. The van der Waals surface area contributed by atoms with Gasteiger partial charge in [0.05, 0.1) is 12.0 Å². The minimum absolute atomic E-state index is 0.0930. The standard InChI is InChI=1S/C22H23FN2O2/c23-18-12-10-17(11-13-18)20-9-5-2-6-14-24-21(26)15-19(22(27)25-20)16-7-3-1-4-8-16/h1-5,7-8,10-13,19-20H,6,9,14-15H2,(H,24,26)(H,25,27)/b5-2-/t19-,20+/m1/s1. The molecule has 1 aliphatic heterocycles. The maximum atomic E-state index is 13.3. The number of carbonyl (C=O) groups excluding carboxylic acids is 2. The van der Waals surface area contributed by atoms with Gasteiger partial charge in [-0.1, -0.05) is 54.6 Å². The van der Waals surface area contributed by atoms with Gasteiger partial charge in [-0.3, -0.25) is 9.59 Å². The third kappa shape index (κ3) is 5.26. The Bertz CT molecular complexity index is 803. The van der Waals surface area contributed by atoms with E-state index in [2.05, 4.69) is 10.6 Å². The molecule has 1 heterocycles. The molecule has 0 unspecified atom stereocenters. The van der Waals surface area contributed by atoms with E-state index in [1.165, 1.54) is 12.1 Å². The Morgan fingerprint density at radius 2 is 1.63 bits per heavy atom. The van der Waals surface area contributed by atoms with Gasteiger partial charge in [0.2, 0.25) is 11.8 Å². The zero-order valence-electron chi connectivity index (χ0n) is 15.0. The fourth-order valence-corrected chi connectivity index (χ4v) is 3.20. The van der Waals surface area contributed by atoms with Crippen molar-refractivity contribution >= 4 is 11.8 Å². The van der Waals surface area contributed by atoms with Crippen LogP contribution in [0.15, 0.2) is 66.7 Å². The van der Waals surface area contributed by atoms with Crippen molar-refractivity contribution < 1.29 is 14.0 Å². The Morgan fingerprint density at radius 1 is 0.889 bits per heavy atom. The van der Waals surface area contributed by atoms with E-state index in [0.29, 0.717) is 13.0 Å². The molecule has 0 aliphatic carbocycles. The lowest BCUT2D eigenvalue weighted by Gasteiger charge is -2.23. The number of carbonyl (C=O) groups is 2. The largest absolute Gasteiger partial charge is 0.356 e. The molecule has 140 valence electrons. The smallest absolute Gasteiger partial charge is 0.228 e. The zero-order valence-corrected chi connectivity index (χ0v) is 15.0. The summed E-state index contributed by atoms with van der Waals surface area (Å²) in [5.41, 5.74) is 1.64. The molecular formula is C22H23FN2O2. The van der Waals surface area contributed by atoms with Gasteiger partial charge in [-0.25, -0.2) is 4.39 Å². The fraction of sp³-hybridized carbons (Fsp3) is 0.273. The lowest BCUT2D eigenvalue weighted by Crippen LogP contribution is -2.36. The molecule has 0 aromatic heterocycles. The third-order valence-corrected chi connectivity index (χ3v) is 4.67. The van der Waals surface area contributed by atoms with Crippen LogP contribution in [-0.4, -0.2) is 18.4 Å². The lowest BCUT2D eigenvalue weighted by molar-refractivity contribution is -0.128.